The highest BCUT2D eigenvalue weighted by atomic mass is 35.5. The minimum atomic E-state index is -1.32. The summed E-state index contributed by atoms with van der Waals surface area (Å²) >= 11 is 5.10. The zero-order valence-electron chi connectivity index (χ0n) is 5.53. The minimum Gasteiger partial charge on any atom is -0.618 e. The van der Waals surface area contributed by atoms with Gasteiger partial charge in [0.1, 0.15) is 0 Å². The van der Waals surface area contributed by atoms with Crippen molar-refractivity contribution >= 4 is 17.3 Å². The maximum atomic E-state index is 12.7. The Labute approximate surface area is 70.7 Å². The fraction of sp³-hybridized carbons (Fsp3) is 0. The van der Waals surface area contributed by atoms with Gasteiger partial charge in [-0.3, -0.25) is 10.1 Å². The van der Waals surface area contributed by atoms with Gasteiger partial charge in [0.25, 0.3) is 5.82 Å². The Hall–Kier alpha value is -1.43. The molecule has 64 valence electrons. The maximum Gasteiger partial charge on any atom is 0.329 e. The van der Waals surface area contributed by atoms with Gasteiger partial charge < -0.3 is 5.21 Å². The normalized spacial score (nSPS) is 9.83. The Kier molecular flexibility index (Phi) is 2.09. The average molecular weight is 193 g/mol. The minimum absolute atomic E-state index is 0.00386. The molecule has 1 aromatic rings. The van der Waals surface area contributed by atoms with Crippen LogP contribution in [0.4, 0.5) is 10.1 Å². The van der Waals surface area contributed by atoms with Crippen molar-refractivity contribution in [2.45, 2.75) is 0 Å². The van der Waals surface area contributed by atoms with E-state index in [1.54, 1.807) is 0 Å². The van der Waals surface area contributed by atoms with Crippen molar-refractivity contribution < 1.29 is 14.0 Å². The largest absolute Gasteiger partial charge is 0.618 e. The van der Waals surface area contributed by atoms with E-state index in [9.17, 15) is 19.7 Å². The van der Waals surface area contributed by atoms with Gasteiger partial charge in [0, 0.05) is 0 Å². The first-order valence-electron chi connectivity index (χ1n) is 2.75. The first-order valence-corrected chi connectivity index (χ1v) is 3.13. The van der Waals surface area contributed by atoms with E-state index >= 15 is 0 Å². The molecule has 7 heteroatoms. The number of nitrogens with zero attached hydrogens (tertiary/aromatic N) is 2. The van der Waals surface area contributed by atoms with Crippen LogP contribution in [0.25, 0.3) is 0 Å². The second-order valence-electron chi connectivity index (χ2n) is 1.89. The lowest BCUT2D eigenvalue weighted by Gasteiger charge is -1.98. The summed E-state index contributed by atoms with van der Waals surface area (Å²) in [6.45, 7) is 0. The van der Waals surface area contributed by atoms with Crippen molar-refractivity contribution in [1.82, 2.24) is 0 Å². The van der Waals surface area contributed by atoms with Crippen LogP contribution in [0.15, 0.2) is 12.3 Å². The molecule has 5 nitrogen and oxygen atoms in total. The number of rotatable bonds is 1. The summed E-state index contributed by atoms with van der Waals surface area (Å²) in [6.07, 6.45) is 0.767. The molecule has 1 heterocycles. The number of pyridine rings is 1. The first-order chi connectivity index (χ1) is 5.54. The van der Waals surface area contributed by atoms with E-state index in [4.69, 9.17) is 11.6 Å². The average Bonchev–Trinajstić information content (AvgIpc) is 2.00. The van der Waals surface area contributed by atoms with Crippen LogP contribution in [-0.2, 0) is 0 Å². The lowest BCUT2D eigenvalue weighted by molar-refractivity contribution is -0.605. The van der Waals surface area contributed by atoms with Gasteiger partial charge in [0.2, 0.25) is 0 Å². The lowest BCUT2D eigenvalue weighted by atomic mass is 10.4. The Morgan fingerprint density at radius 1 is 1.67 bits per heavy atom. The third-order valence-electron chi connectivity index (χ3n) is 1.16. The Balaban J connectivity index is 3.36. The van der Waals surface area contributed by atoms with Gasteiger partial charge >= 0.3 is 10.8 Å². The molecule has 1 rings (SSSR count). The Morgan fingerprint density at radius 2 is 2.25 bits per heavy atom. The van der Waals surface area contributed by atoms with Crippen molar-refractivity contribution in [1.29, 1.82) is 0 Å². The predicted octanol–water partition coefficient (Wildman–Crippen LogP) is 1.02. The molecule has 0 aromatic carbocycles. The van der Waals surface area contributed by atoms with Crippen molar-refractivity contribution in [3.63, 3.8) is 0 Å². The molecule has 0 spiro atoms. The van der Waals surface area contributed by atoms with Crippen molar-refractivity contribution in [2.75, 3.05) is 0 Å². The molecule has 0 unspecified atom stereocenters. The van der Waals surface area contributed by atoms with Crippen LogP contribution in [0.1, 0.15) is 0 Å². The summed E-state index contributed by atoms with van der Waals surface area (Å²) in [5.74, 6) is -1.32. The maximum absolute atomic E-state index is 12.7. The molecule has 0 saturated carbocycles. The Bertz CT molecular complexity index is 344. The number of hydrogen-bond acceptors (Lipinski definition) is 3. The molecule has 0 atom stereocenters. The van der Waals surface area contributed by atoms with E-state index in [2.05, 4.69) is 0 Å². The van der Waals surface area contributed by atoms with Crippen LogP contribution in [0.2, 0.25) is 5.15 Å². The van der Waals surface area contributed by atoms with E-state index in [1.807, 2.05) is 0 Å². The SMILES string of the molecule is O=[N+]([O-])c1cc[n+]([O-])c(Cl)c1F. The molecule has 0 aliphatic rings. The van der Waals surface area contributed by atoms with Gasteiger partial charge in [-0.2, -0.15) is 9.12 Å². The summed E-state index contributed by atoms with van der Waals surface area (Å²) < 4.78 is 12.7. The van der Waals surface area contributed by atoms with E-state index in [0.717, 1.165) is 12.3 Å². The van der Waals surface area contributed by atoms with Crippen LogP contribution in [0.5, 0.6) is 0 Å². The summed E-state index contributed by atoms with van der Waals surface area (Å²) in [4.78, 5) is 9.12. The topological polar surface area (TPSA) is 70.1 Å². The third-order valence-corrected chi connectivity index (χ3v) is 1.50. The van der Waals surface area contributed by atoms with E-state index in [1.165, 1.54) is 0 Å². The Morgan fingerprint density at radius 3 is 2.75 bits per heavy atom. The summed E-state index contributed by atoms with van der Waals surface area (Å²) in [5.41, 5.74) is -0.813. The fourth-order valence-electron chi connectivity index (χ4n) is 0.620. The van der Waals surface area contributed by atoms with Gasteiger partial charge in [-0.1, -0.05) is 0 Å². The fourth-order valence-corrected chi connectivity index (χ4v) is 0.773. The number of hydrogen-bond donors (Lipinski definition) is 0. The molecule has 0 radical (unpaired) electrons. The van der Waals surface area contributed by atoms with Gasteiger partial charge in [-0.15, -0.1) is 0 Å². The molecule has 0 N–H and O–H groups in total. The van der Waals surface area contributed by atoms with Gasteiger partial charge in [0.05, 0.1) is 11.0 Å². The van der Waals surface area contributed by atoms with Gasteiger partial charge in [-0.25, -0.2) is 0 Å². The monoisotopic (exact) mass is 192 g/mol. The number of aromatic nitrogens is 1. The summed E-state index contributed by atoms with van der Waals surface area (Å²) in [5, 5.41) is 19.8. The summed E-state index contributed by atoms with van der Waals surface area (Å²) in [7, 11) is 0. The molecule has 0 saturated heterocycles. The predicted molar refractivity (Wildman–Crippen MR) is 37.0 cm³/mol. The van der Waals surface area contributed by atoms with Gasteiger partial charge in [0.15, 0.2) is 6.20 Å². The van der Waals surface area contributed by atoms with Crippen LogP contribution >= 0.6 is 11.6 Å². The second kappa shape index (κ2) is 2.90. The smallest absolute Gasteiger partial charge is 0.329 e. The second-order valence-corrected chi connectivity index (χ2v) is 2.25. The molecular weight excluding hydrogens is 191 g/mol. The number of halogens is 2. The first kappa shape index (κ1) is 8.66. The highest BCUT2D eigenvalue weighted by molar-refractivity contribution is 6.28. The zero-order valence-corrected chi connectivity index (χ0v) is 6.29. The quantitative estimate of drug-likeness (QED) is 0.219. The van der Waals surface area contributed by atoms with Crippen LogP contribution in [0.3, 0.4) is 0 Å². The molecule has 0 bridgehead atoms. The van der Waals surface area contributed by atoms with Crippen molar-refractivity contribution in [2.24, 2.45) is 0 Å². The van der Waals surface area contributed by atoms with E-state index in [0.29, 0.717) is 0 Å². The molecule has 0 fully saturated rings. The number of nitro groups is 1. The highest BCUT2D eigenvalue weighted by Gasteiger charge is 2.23. The van der Waals surface area contributed by atoms with Crippen molar-refractivity contribution in [3.05, 3.63) is 38.6 Å². The molecule has 12 heavy (non-hydrogen) atoms. The van der Waals surface area contributed by atoms with Gasteiger partial charge in [-0.05, 0) is 11.6 Å². The lowest BCUT2D eigenvalue weighted by Crippen LogP contribution is -2.28. The molecule has 0 aliphatic carbocycles. The molecule has 0 amide bonds. The standard InChI is InChI=1S/C5H2ClFN2O3/c6-5-4(7)3(9(11)12)1-2-8(5)10/h1-2H. The van der Waals surface area contributed by atoms with Crippen molar-refractivity contribution in [3.8, 4) is 0 Å². The zero-order chi connectivity index (χ0) is 9.30. The van der Waals surface area contributed by atoms with Crippen LogP contribution in [-0.4, -0.2) is 4.92 Å². The van der Waals surface area contributed by atoms with Crippen LogP contribution < -0.4 is 4.73 Å². The molecule has 1 aromatic heterocycles. The third kappa shape index (κ3) is 1.28. The molecular formula is C5H2ClFN2O3. The van der Waals surface area contributed by atoms with E-state index in [-0.39, 0.29) is 4.73 Å². The summed E-state index contributed by atoms with van der Waals surface area (Å²) in [6, 6.07) is 0.744. The van der Waals surface area contributed by atoms with Crippen LogP contribution in [0, 0.1) is 21.1 Å². The molecule has 0 aliphatic heterocycles. The highest BCUT2D eigenvalue weighted by Crippen LogP contribution is 2.19. The van der Waals surface area contributed by atoms with E-state index < -0.39 is 21.6 Å².